The fraction of sp³-hybridized carbons (Fsp3) is 0.256. The summed E-state index contributed by atoms with van der Waals surface area (Å²) in [7, 11) is 0. The molecule has 0 fully saturated rings. The Morgan fingerprint density at radius 3 is 1.57 bits per heavy atom. The number of aromatic nitrogens is 3. The molecule has 0 N–H and O–H groups in total. The summed E-state index contributed by atoms with van der Waals surface area (Å²) < 4.78 is 2.28. The third-order valence-electron chi connectivity index (χ3n) is 8.92. The van der Waals surface area contributed by atoms with Gasteiger partial charge in [-0.3, -0.25) is 4.57 Å². The number of benzene rings is 5. The standard InChI is InChI=1S/C43H45N3/c1-27(2)41-44-45-42(46(41)40-30(5)21-29(4)22-31(40)6)35-12-10-11-34(23-35)38-25-36(32-15-13-28(3)14-16-32)24-37(26-38)33-17-19-39(20-18-33)43(7,8)9/h10-27H,1-9H3. The lowest BCUT2D eigenvalue weighted by Gasteiger charge is -2.19. The number of rotatable bonds is 6. The van der Waals surface area contributed by atoms with Gasteiger partial charge in [-0.2, -0.15) is 0 Å². The van der Waals surface area contributed by atoms with Gasteiger partial charge < -0.3 is 0 Å². The summed E-state index contributed by atoms with van der Waals surface area (Å²) in [6.07, 6.45) is 0. The van der Waals surface area contributed by atoms with Crippen molar-refractivity contribution in [2.24, 2.45) is 0 Å². The zero-order valence-corrected chi connectivity index (χ0v) is 28.7. The van der Waals surface area contributed by atoms with E-state index in [0.29, 0.717) is 0 Å². The molecule has 3 nitrogen and oxygen atoms in total. The minimum absolute atomic E-state index is 0.111. The van der Waals surface area contributed by atoms with Crippen molar-refractivity contribution in [2.45, 2.75) is 73.6 Å². The van der Waals surface area contributed by atoms with Crippen LogP contribution in [-0.4, -0.2) is 14.8 Å². The molecule has 0 saturated heterocycles. The van der Waals surface area contributed by atoms with E-state index in [0.717, 1.165) is 22.8 Å². The highest BCUT2D eigenvalue weighted by atomic mass is 15.3. The first-order valence-electron chi connectivity index (χ1n) is 16.4. The van der Waals surface area contributed by atoms with E-state index in [1.54, 1.807) is 0 Å². The fourth-order valence-corrected chi connectivity index (χ4v) is 6.48. The van der Waals surface area contributed by atoms with Crippen LogP contribution in [-0.2, 0) is 5.41 Å². The minimum Gasteiger partial charge on any atom is -0.278 e. The zero-order valence-electron chi connectivity index (χ0n) is 28.7. The molecule has 0 aliphatic heterocycles. The van der Waals surface area contributed by atoms with E-state index >= 15 is 0 Å². The third-order valence-corrected chi connectivity index (χ3v) is 8.92. The summed E-state index contributed by atoms with van der Waals surface area (Å²) in [5, 5.41) is 9.53. The van der Waals surface area contributed by atoms with E-state index in [4.69, 9.17) is 10.2 Å². The van der Waals surface area contributed by atoms with Gasteiger partial charge in [0.2, 0.25) is 0 Å². The summed E-state index contributed by atoms with van der Waals surface area (Å²) in [6, 6.07) is 38.1. The molecule has 232 valence electrons. The van der Waals surface area contributed by atoms with Crippen molar-refractivity contribution in [3.05, 3.63) is 137 Å². The number of hydrogen-bond donors (Lipinski definition) is 0. The van der Waals surface area contributed by atoms with Crippen LogP contribution in [0.5, 0.6) is 0 Å². The highest BCUT2D eigenvalue weighted by Crippen LogP contribution is 2.37. The quantitative estimate of drug-likeness (QED) is 0.190. The van der Waals surface area contributed by atoms with Crippen LogP contribution in [0.25, 0.3) is 50.5 Å². The molecule has 0 spiro atoms. The second-order valence-corrected chi connectivity index (χ2v) is 14.2. The van der Waals surface area contributed by atoms with E-state index in [1.807, 2.05) is 0 Å². The summed E-state index contributed by atoms with van der Waals surface area (Å²) in [5.41, 5.74) is 15.8. The molecule has 1 aromatic heterocycles. The predicted molar refractivity (Wildman–Crippen MR) is 195 cm³/mol. The second kappa shape index (κ2) is 12.2. The highest BCUT2D eigenvalue weighted by molar-refractivity contribution is 5.82. The summed E-state index contributed by atoms with van der Waals surface area (Å²) in [6.45, 7) is 19.8. The molecule has 0 unspecified atom stereocenters. The molecule has 0 aliphatic carbocycles. The SMILES string of the molecule is Cc1ccc(-c2cc(-c3ccc(C(C)(C)C)cc3)cc(-c3cccc(-c4nnc(C(C)C)n4-c4c(C)cc(C)cc4C)c3)c2)cc1. The smallest absolute Gasteiger partial charge is 0.168 e. The van der Waals surface area contributed by atoms with E-state index in [1.165, 1.54) is 61.3 Å². The molecular formula is C43H45N3. The predicted octanol–water partition coefficient (Wildman–Crippen LogP) is 11.6. The topological polar surface area (TPSA) is 30.7 Å². The molecular weight excluding hydrogens is 558 g/mol. The lowest BCUT2D eigenvalue weighted by molar-refractivity contribution is 0.590. The highest BCUT2D eigenvalue weighted by Gasteiger charge is 2.21. The van der Waals surface area contributed by atoms with Crippen LogP contribution in [0.1, 0.15) is 74.2 Å². The van der Waals surface area contributed by atoms with Gasteiger partial charge >= 0.3 is 0 Å². The minimum atomic E-state index is 0.111. The molecule has 6 aromatic rings. The van der Waals surface area contributed by atoms with Crippen LogP contribution in [0.3, 0.4) is 0 Å². The number of nitrogens with zero attached hydrogens (tertiary/aromatic N) is 3. The largest absolute Gasteiger partial charge is 0.278 e. The Morgan fingerprint density at radius 2 is 1.02 bits per heavy atom. The molecule has 1 heterocycles. The van der Waals surface area contributed by atoms with Crippen molar-refractivity contribution in [3.63, 3.8) is 0 Å². The first-order chi connectivity index (χ1) is 21.9. The molecule has 46 heavy (non-hydrogen) atoms. The van der Waals surface area contributed by atoms with Crippen molar-refractivity contribution >= 4 is 0 Å². The lowest BCUT2D eigenvalue weighted by atomic mass is 9.85. The Morgan fingerprint density at radius 1 is 0.522 bits per heavy atom. The Balaban J connectivity index is 1.51. The van der Waals surface area contributed by atoms with Crippen LogP contribution in [0, 0.1) is 27.7 Å². The van der Waals surface area contributed by atoms with E-state index in [-0.39, 0.29) is 11.3 Å². The third kappa shape index (κ3) is 6.20. The van der Waals surface area contributed by atoms with E-state index < -0.39 is 0 Å². The molecule has 3 heteroatoms. The average molecular weight is 604 g/mol. The van der Waals surface area contributed by atoms with Crippen molar-refractivity contribution in [3.8, 4) is 50.5 Å². The van der Waals surface area contributed by atoms with Gasteiger partial charge in [-0.15, -0.1) is 10.2 Å². The van der Waals surface area contributed by atoms with Crippen molar-refractivity contribution in [2.75, 3.05) is 0 Å². The summed E-state index contributed by atoms with van der Waals surface area (Å²) in [4.78, 5) is 0. The maximum absolute atomic E-state index is 4.80. The molecule has 0 bridgehead atoms. The Kier molecular flexibility index (Phi) is 8.29. The summed E-state index contributed by atoms with van der Waals surface area (Å²) >= 11 is 0. The van der Waals surface area contributed by atoms with Crippen molar-refractivity contribution in [1.82, 2.24) is 14.8 Å². The molecule has 6 rings (SSSR count). The van der Waals surface area contributed by atoms with Crippen molar-refractivity contribution < 1.29 is 0 Å². The van der Waals surface area contributed by atoms with E-state index in [2.05, 4.69) is 170 Å². The Hall–Kier alpha value is -4.76. The van der Waals surface area contributed by atoms with Crippen LogP contribution < -0.4 is 0 Å². The summed E-state index contributed by atoms with van der Waals surface area (Å²) in [5.74, 6) is 2.06. The number of aryl methyl sites for hydroxylation is 4. The van der Waals surface area contributed by atoms with Crippen molar-refractivity contribution in [1.29, 1.82) is 0 Å². The molecule has 5 aromatic carbocycles. The molecule has 0 atom stereocenters. The van der Waals surface area contributed by atoms with Gasteiger partial charge in [-0.05, 0) is 107 Å². The van der Waals surface area contributed by atoms with Crippen LogP contribution >= 0.6 is 0 Å². The van der Waals surface area contributed by atoms with Crippen LogP contribution in [0.4, 0.5) is 0 Å². The molecule has 0 amide bonds. The Labute approximate surface area is 275 Å². The van der Waals surface area contributed by atoms with Gasteiger partial charge in [0, 0.05) is 11.5 Å². The van der Waals surface area contributed by atoms with Gasteiger partial charge in [0.1, 0.15) is 5.82 Å². The Bertz CT molecular complexity index is 1990. The van der Waals surface area contributed by atoms with Crippen LogP contribution in [0.2, 0.25) is 0 Å². The molecule has 0 aliphatic rings. The first kappa shape index (κ1) is 31.2. The monoisotopic (exact) mass is 603 g/mol. The molecule has 0 saturated carbocycles. The number of hydrogen-bond acceptors (Lipinski definition) is 2. The normalized spacial score (nSPS) is 11.8. The van der Waals surface area contributed by atoms with E-state index in [9.17, 15) is 0 Å². The first-order valence-corrected chi connectivity index (χ1v) is 16.4. The maximum Gasteiger partial charge on any atom is 0.168 e. The van der Waals surface area contributed by atoms with Gasteiger partial charge in [-0.25, -0.2) is 0 Å². The van der Waals surface area contributed by atoms with Crippen LogP contribution in [0.15, 0.2) is 103 Å². The van der Waals surface area contributed by atoms with Gasteiger partial charge in [-0.1, -0.05) is 125 Å². The zero-order chi connectivity index (χ0) is 32.7. The van der Waals surface area contributed by atoms with Gasteiger partial charge in [0.05, 0.1) is 5.69 Å². The second-order valence-electron chi connectivity index (χ2n) is 14.2. The average Bonchev–Trinajstić information content (AvgIpc) is 3.45. The molecule has 0 radical (unpaired) electrons. The fourth-order valence-electron chi connectivity index (χ4n) is 6.48. The lowest BCUT2D eigenvalue weighted by Crippen LogP contribution is -2.10. The van der Waals surface area contributed by atoms with Gasteiger partial charge in [0.25, 0.3) is 0 Å². The van der Waals surface area contributed by atoms with Gasteiger partial charge in [0.15, 0.2) is 5.82 Å². The maximum atomic E-state index is 4.80.